The Morgan fingerprint density at radius 2 is 0.779 bits per heavy atom. The largest absolute Gasteiger partial charge is 3.00 e. The molecule has 0 saturated heterocycles. The minimum Gasteiger partial charge on any atom is -0.507 e. The van der Waals surface area contributed by atoms with Crippen LogP contribution in [0.25, 0.3) is 22.3 Å². The number of benzene rings is 8. The minimum absolute atomic E-state index is 0. The van der Waals surface area contributed by atoms with Gasteiger partial charge in [-0.1, -0.05) is 145 Å². The molecule has 341 valence electrons. The van der Waals surface area contributed by atoms with E-state index in [2.05, 4.69) is 182 Å². The van der Waals surface area contributed by atoms with Crippen molar-refractivity contribution in [2.75, 3.05) is 13.2 Å². The van der Waals surface area contributed by atoms with E-state index in [4.69, 9.17) is 4.74 Å². The first kappa shape index (κ1) is 49.6. The van der Waals surface area contributed by atoms with Crippen molar-refractivity contribution in [2.45, 2.75) is 71.6 Å². The van der Waals surface area contributed by atoms with Gasteiger partial charge in [0.25, 0.3) is 0 Å². The fourth-order valence-corrected chi connectivity index (χ4v) is 10.3. The van der Waals surface area contributed by atoms with Crippen molar-refractivity contribution in [3.8, 4) is 33.8 Å². The standard InChI is InChI=1S/C49H49NO3.2C7H7.Ti/c1-31(2)53-24-23-50(29-34-25-32(3)27-44(46(34)51)48(5)40-19-11-7-15-36(40)37-16-8-12-20-41(37)48)30-35-26-33(4)28-45(47(35)52)49(6)42-21-13-9-17-38(42)39-18-10-14-22-43(39)49;2*1-7-5-3-2-4-6-7;/h7-22,25-28,31,51-52H,23-24,29-30H2,1-6H3;2*2-6H,1H2;/q;2*-1;+3. The zero-order chi connectivity index (χ0) is 47.3. The monoisotopic (exact) mass is 929 g/mol. The number of hydrogen-bond donors (Lipinski definition) is 2. The molecule has 4 nitrogen and oxygen atoms in total. The van der Waals surface area contributed by atoms with Crippen LogP contribution in [0.15, 0.2) is 182 Å². The van der Waals surface area contributed by atoms with Crippen LogP contribution < -0.4 is 0 Å². The second-order valence-corrected chi connectivity index (χ2v) is 18.7. The zero-order valence-electron chi connectivity index (χ0n) is 40.4. The maximum Gasteiger partial charge on any atom is 3.00 e. The Morgan fingerprint density at radius 3 is 1.07 bits per heavy atom. The number of ether oxygens (including phenoxy) is 1. The van der Waals surface area contributed by atoms with E-state index in [0.29, 0.717) is 37.7 Å². The summed E-state index contributed by atoms with van der Waals surface area (Å²) in [5.74, 6) is 0.639. The minimum atomic E-state index is -0.517. The number of phenols is 2. The van der Waals surface area contributed by atoms with Gasteiger partial charge in [-0.05, 0) is 86.1 Å². The third kappa shape index (κ3) is 9.97. The van der Waals surface area contributed by atoms with Gasteiger partial charge in [0.2, 0.25) is 0 Å². The summed E-state index contributed by atoms with van der Waals surface area (Å²) in [5.41, 5.74) is 16.5. The summed E-state index contributed by atoms with van der Waals surface area (Å²) < 4.78 is 6.09. The van der Waals surface area contributed by atoms with Gasteiger partial charge in [-0.3, -0.25) is 4.90 Å². The number of hydrogen-bond acceptors (Lipinski definition) is 4. The van der Waals surface area contributed by atoms with Crippen LogP contribution >= 0.6 is 0 Å². The van der Waals surface area contributed by atoms with Gasteiger partial charge < -0.3 is 14.9 Å². The Morgan fingerprint density at radius 1 is 0.471 bits per heavy atom. The molecule has 5 heteroatoms. The molecule has 0 amide bonds. The quantitative estimate of drug-likeness (QED) is 0.106. The third-order valence-electron chi connectivity index (χ3n) is 13.5. The Labute approximate surface area is 420 Å². The number of nitrogens with zero attached hydrogens (tertiary/aromatic N) is 1. The molecule has 0 heterocycles. The number of aromatic hydroxyl groups is 2. The Hall–Kier alpha value is -6.27. The average molecular weight is 930 g/mol. The van der Waals surface area contributed by atoms with Gasteiger partial charge >= 0.3 is 21.7 Å². The molecule has 0 aromatic heterocycles. The van der Waals surface area contributed by atoms with Crippen molar-refractivity contribution < 1.29 is 36.7 Å². The fraction of sp³-hybridized carbons (Fsp3) is 0.206. The molecule has 0 saturated carbocycles. The van der Waals surface area contributed by atoms with Crippen molar-refractivity contribution in [3.05, 3.63) is 263 Å². The summed E-state index contributed by atoms with van der Waals surface area (Å²) >= 11 is 0. The first-order chi connectivity index (χ1) is 32.3. The summed E-state index contributed by atoms with van der Waals surface area (Å²) in [4.78, 5) is 2.30. The van der Waals surface area contributed by atoms with E-state index in [-0.39, 0.29) is 27.8 Å². The number of rotatable bonds is 10. The molecule has 0 atom stereocenters. The SMILES string of the molecule is Cc1cc(CN(CCOC(C)C)Cc2cc(C)cc(C3(C)c4ccccc4-c4ccccc43)c2O)c(O)c(C2(C)c3ccccc3-c3ccccc32)c1.[CH2-]c1ccccc1.[CH2-]c1ccccc1.[Ti+3]. The van der Waals surface area contributed by atoms with E-state index in [1.807, 2.05) is 60.7 Å². The van der Waals surface area contributed by atoms with Crippen LogP contribution in [0.1, 0.15) is 94.5 Å². The maximum absolute atomic E-state index is 12.3. The van der Waals surface area contributed by atoms with E-state index in [9.17, 15) is 10.2 Å². The normalized spacial score (nSPS) is 13.2. The molecule has 0 bridgehead atoms. The van der Waals surface area contributed by atoms with E-state index in [1.54, 1.807) is 0 Å². The van der Waals surface area contributed by atoms with Crippen molar-refractivity contribution in [3.63, 3.8) is 0 Å². The molecule has 8 aromatic rings. The molecule has 8 aromatic carbocycles. The Bertz CT molecular complexity index is 2690. The van der Waals surface area contributed by atoms with E-state index < -0.39 is 10.8 Å². The number of aryl methyl sites for hydroxylation is 2. The zero-order valence-corrected chi connectivity index (χ0v) is 42.0. The number of fused-ring (bicyclic) bond motifs is 6. The molecule has 2 aliphatic rings. The van der Waals surface area contributed by atoms with Crippen molar-refractivity contribution >= 4 is 0 Å². The Balaban J connectivity index is 0.000000391. The molecule has 2 aliphatic carbocycles. The molecular weight excluding hydrogens is 867 g/mol. The van der Waals surface area contributed by atoms with Crippen LogP contribution in [0.3, 0.4) is 0 Å². The molecule has 68 heavy (non-hydrogen) atoms. The summed E-state index contributed by atoms with van der Waals surface area (Å²) in [6, 6.07) is 62.6. The average Bonchev–Trinajstić information content (AvgIpc) is 3.75. The maximum atomic E-state index is 12.3. The summed E-state index contributed by atoms with van der Waals surface area (Å²) in [7, 11) is 0. The van der Waals surface area contributed by atoms with Gasteiger partial charge in [0, 0.05) is 52.7 Å². The molecule has 10 rings (SSSR count). The van der Waals surface area contributed by atoms with Crippen molar-refractivity contribution in [1.82, 2.24) is 4.90 Å². The van der Waals surface area contributed by atoms with E-state index in [1.165, 1.54) is 44.5 Å². The van der Waals surface area contributed by atoms with Crippen LogP contribution in [0.2, 0.25) is 0 Å². The van der Waals surface area contributed by atoms with Crippen LogP contribution in [-0.4, -0.2) is 34.4 Å². The summed E-state index contributed by atoms with van der Waals surface area (Å²) in [6.07, 6.45) is 0.0969. The molecule has 2 N–H and O–H groups in total. The van der Waals surface area contributed by atoms with Crippen molar-refractivity contribution in [2.24, 2.45) is 0 Å². The van der Waals surface area contributed by atoms with E-state index >= 15 is 0 Å². The van der Waals surface area contributed by atoms with Crippen LogP contribution in [0.5, 0.6) is 11.5 Å². The van der Waals surface area contributed by atoms with Gasteiger partial charge in [0.1, 0.15) is 11.5 Å². The smallest absolute Gasteiger partial charge is 0.507 e. The predicted octanol–water partition coefficient (Wildman–Crippen LogP) is 14.5. The third-order valence-corrected chi connectivity index (χ3v) is 13.5. The molecule has 0 spiro atoms. The van der Waals surface area contributed by atoms with Gasteiger partial charge in [-0.2, -0.15) is 49.2 Å². The summed E-state index contributed by atoms with van der Waals surface area (Å²) in [5, 5.41) is 24.6. The predicted molar refractivity (Wildman–Crippen MR) is 278 cm³/mol. The molecule has 0 aliphatic heterocycles. The van der Waals surface area contributed by atoms with Crippen LogP contribution in [-0.2, 0) is 50.4 Å². The van der Waals surface area contributed by atoms with Crippen molar-refractivity contribution in [1.29, 1.82) is 0 Å². The molecule has 0 unspecified atom stereocenters. The topological polar surface area (TPSA) is 52.9 Å². The second-order valence-electron chi connectivity index (χ2n) is 18.7. The fourth-order valence-electron chi connectivity index (χ4n) is 10.3. The van der Waals surface area contributed by atoms with E-state index in [0.717, 1.165) is 44.5 Å². The molecule has 1 radical (unpaired) electrons. The molecular formula is C63H63NO3Ti+. The van der Waals surface area contributed by atoms with Gasteiger partial charge in [0.05, 0.1) is 12.7 Å². The Kier molecular flexibility index (Phi) is 15.6. The second kappa shape index (κ2) is 21.4. The molecule has 0 fully saturated rings. The van der Waals surface area contributed by atoms with Crippen LogP contribution in [0, 0.1) is 27.7 Å². The van der Waals surface area contributed by atoms with Gasteiger partial charge in [0.15, 0.2) is 0 Å². The van der Waals surface area contributed by atoms with Crippen LogP contribution in [0.4, 0.5) is 0 Å². The summed E-state index contributed by atoms with van der Waals surface area (Å²) in [6.45, 7) is 22.4. The number of phenolic OH excluding ortho intramolecular Hbond substituents is 2. The first-order valence-corrected chi connectivity index (χ1v) is 23.4. The van der Waals surface area contributed by atoms with Gasteiger partial charge in [-0.25, -0.2) is 0 Å². The first-order valence-electron chi connectivity index (χ1n) is 23.4. The van der Waals surface area contributed by atoms with Gasteiger partial charge in [-0.15, -0.1) is 24.3 Å².